The van der Waals surface area contributed by atoms with Gasteiger partial charge in [-0.1, -0.05) is 23.5 Å². The van der Waals surface area contributed by atoms with Gasteiger partial charge in [0.05, 0.1) is 27.8 Å². The van der Waals surface area contributed by atoms with E-state index in [4.69, 9.17) is 0 Å². The van der Waals surface area contributed by atoms with Crippen molar-refractivity contribution < 1.29 is 18.0 Å². The molecule has 1 aromatic carbocycles. The van der Waals surface area contributed by atoms with E-state index in [1.165, 1.54) is 16.3 Å². The molecule has 2 aromatic rings. The van der Waals surface area contributed by atoms with Gasteiger partial charge >= 0.3 is 0 Å². The Morgan fingerprint density at radius 2 is 2.08 bits per heavy atom. The summed E-state index contributed by atoms with van der Waals surface area (Å²) in [5.41, 5.74) is 1.01. The van der Waals surface area contributed by atoms with Crippen molar-refractivity contribution in [2.75, 3.05) is 16.8 Å². The third-order valence-electron chi connectivity index (χ3n) is 4.39. The van der Waals surface area contributed by atoms with E-state index in [0.717, 1.165) is 10.2 Å². The van der Waals surface area contributed by atoms with E-state index in [2.05, 4.69) is 15.4 Å². The number of hydrogen-bond acceptors (Lipinski definition) is 7. The summed E-state index contributed by atoms with van der Waals surface area (Å²) < 4.78 is 24.3. The second-order valence-corrected chi connectivity index (χ2v) is 9.54. The molecule has 0 saturated carbocycles. The highest BCUT2D eigenvalue weighted by molar-refractivity contribution is 7.91. The first-order valence-electron chi connectivity index (χ1n) is 8.18. The third kappa shape index (κ3) is 3.34. The van der Waals surface area contributed by atoms with E-state index in [0.29, 0.717) is 11.6 Å². The lowest BCUT2D eigenvalue weighted by atomic mass is 10.1. The van der Waals surface area contributed by atoms with Gasteiger partial charge < -0.3 is 0 Å². The number of carbonyl (C=O) groups is 2. The first kappa shape index (κ1) is 17.1. The highest BCUT2D eigenvalue weighted by Crippen LogP contribution is 2.26. The number of hydrazone groups is 1. The number of nitrogens with zero attached hydrogens (tertiary/aromatic N) is 3. The Hall–Kier alpha value is -2.33. The van der Waals surface area contributed by atoms with Gasteiger partial charge in [0.15, 0.2) is 15.0 Å². The van der Waals surface area contributed by atoms with Crippen LogP contribution >= 0.6 is 11.3 Å². The Morgan fingerprint density at radius 1 is 1.27 bits per heavy atom. The molecular weight excluding hydrogens is 376 g/mol. The smallest absolute Gasteiger partial charge is 0.273 e. The van der Waals surface area contributed by atoms with Gasteiger partial charge in [-0.2, -0.15) is 5.10 Å². The normalized spacial score (nSPS) is 22.5. The largest absolute Gasteiger partial charge is 0.297 e. The van der Waals surface area contributed by atoms with Gasteiger partial charge in [0.2, 0.25) is 5.91 Å². The molecule has 1 aromatic heterocycles. The van der Waals surface area contributed by atoms with Crippen molar-refractivity contribution in [1.29, 1.82) is 0 Å². The number of hydrogen-bond donors (Lipinski definition) is 1. The van der Waals surface area contributed by atoms with Crippen molar-refractivity contribution in [1.82, 2.24) is 9.99 Å². The van der Waals surface area contributed by atoms with E-state index in [1.807, 2.05) is 24.3 Å². The number of amides is 2. The molecule has 10 heteroatoms. The molecule has 1 N–H and O–H groups in total. The lowest BCUT2D eigenvalue weighted by Gasteiger charge is -2.27. The number of fused-ring (bicyclic) bond motifs is 1. The molecule has 2 aliphatic heterocycles. The van der Waals surface area contributed by atoms with Gasteiger partial charge in [-0.25, -0.2) is 18.4 Å². The van der Waals surface area contributed by atoms with E-state index in [1.54, 1.807) is 0 Å². The first-order chi connectivity index (χ1) is 12.4. The summed E-state index contributed by atoms with van der Waals surface area (Å²) in [6.45, 7) is 0. The minimum Gasteiger partial charge on any atom is -0.297 e. The number of sulfone groups is 1. The maximum absolute atomic E-state index is 12.5. The zero-order valence-corrected chi connectivity index (χ0v) is 15.3. The van der Waals surface area contributed by atoms with Crippen molar-refractivity contribution in [3.05, 3.63) is 24.3 Å². The lowest BCUT2D eigenvalue weighted by Crippen LogP contribution is -2.42. The van der Waals surface area contributed by atoms with Crippen molar-refractivity contribution in [2.45, 2.75) is 25.3 Å². The molecule has 8 nitrogen and oxygen atoms in total. The Bertz CT molecular complexity index is 995. The Morgan fingerprint density at radius 3 is 2.81 bits per heavy atom. The minimum atomic E-state index is -3.14. The van der Waals surface area contributed by atoms with Gasteiger partial charge in [0.1, 0.15) is 5.71 Å². The Kier molecular flexibility index (Phi) is 4.23. The summed E-state index contributed by atoms with van der Waals surface area (Å²) in [4.78, 5) is 29.0. The van der Waals surface area contributed by atoms with Gasteiger partial charge in [0.25, 0.3) is 5.91 Å². The van der Waals surface area contributed by atoms with Crippen molar-refractivity contribution in [3.63, 3.8) is 0 Å². The summed E-state index contributed by atoms with van der Waals surface area (Å²) in [7, 11) is -3.14. The van der Waals surface area contributed by atoms with E-state index >= 15 is 0 Å². The fourth-order valence-electron chi connectivity index (χ4n) is 3.08. The van der Waals surface area contributed by atoms with Crippen LogP contribution < -0.4 is 5.32 Å². The van der Waals surface area contributed by atoms with E-state index in [-0.39, 0.29) is 36.0 Å². The van der Waals surface area contributed by atoms with Crippen LogP contribution in [0.5, 0.6) is 0 Å². The van der Waals surface area contributed by atoms with Crippen LogP contribution in [0.25, 0.3) is 10.2 Å². The molecule has 136 valence electrons. The number of aromatic nitrogens is 1. The zero-order valence-electron chi connectivity index (χ0n) is 13.7. The van der Waals surface area contributed by atoms with E-state index in [9.17, 15) is 18.0 Å². The standard InChI is InChI=1S/C16H16N4O4S2/c21-14-6-5-12(19-20(14)10-7-8-26(23,24)9-10)15(22)18-16-17-11-3-1-2-4-13(11)25-16/h1-4,10H,5-9H2,(H,17,18,22)/t10-/m1/s1. The number of para-hydroxylation sites is 1. The minimum absolute atomic E-state index is 0.0458. The fraction of sp³-hybridized carbons (Fsp3) is 0.375. The molecule has 3 heterocycles. The van der Waals surface area contributed by atoms with Gasteiger partial charge in [-0.05, 0) is 18.6 Å². The number of benzene rings is 1. The highest BCUT2D eigenvalue weighted by Gasteiger charge is 2.37. The summed E-state index contributed by atoms with van der Waals surface area (Å²) in [6, 6.07) is 7.06. The van der Waals surface area contributed by atoms with Crippen LogP contribution in [-0.2, 0) is 19.4 Å². The van der Waals surface area contributed by atoms with Gasteiger partial charge in [0, 0.05) is 12.8 Å². The predicted molar refractivity (Wildman–Crippen MR) is 98.8 cm³/mol. The summed E-state index contributed by atoms with van der Waals surface area (Å²) in [6.07, 6.45) is 0.721. The SMILES string of the molecule is O=C(Nc1nc2ccccc2s1)C1=NN([C@@H]2CCS(=O)(=O)C2)C(=O)CC1. The molecule has 1 atom stereocenters. The van der Waals surface area contributed by atoms with Crippen LogP contribution in [0.15, 0.2) is 29.4 Å². The topological polar surface area (TPSA) is 109 Å². The van der Waals surface area contributed by atoms with Crippen LogP contribution in [0.1, 0.15) is 19.3 Å². The van der Waals surface area contributed by atoms with Crippen LogP contribution in [-0.4, -0.2) is 53.5 Å². The van der Waals surface area contributed by atoms with Gasteiger partial charge in [-0.3, -0.25) is 14.9 Å². The second kappa shape index (κ2) is 6.44. The molecular formula is C16H16N4O4S2. The summed E-state index contributed by atoms with van der Waals surface area (Å²) >= 11 is 1.36. The molecule has 0 aliphatic carbocycles. The molecule has 0 unspecified atom stereocenters. The number of rotatable bonds is 3. The zero-order chi connectivity index (χ0) is 18.3. The molecule has 2 aliphatic rings. The molecule has 0 bridgehead atoms. The number of anilines is 1. The second-order valence-electron chi connectivity index (χ2n) is 6.28. The lowest BCUT2D eigenvalue weighted by molar-refractivity contribution is -0.133. The Balaban J connectivity index is 1.53. The quantitative estimate of drug-likeness (QED) is 0.849. The molecule has 0 radical (unpaired) electrons. The van der Waals surface area contributed by atoms with Crippen LogP contribution in [0, 0.1) is 0 Å². The van der Waals surface area contributed by atoms with Crippen molar-refractivity contribution in [3.8, 4) is 0 Å². The maximum atomic E-state index is 12.5. The molecule has 1 saturated heterocycles. The van der Waals surface area contributed by atoms with Crippen LogP contribution in [0.3, 0.4) is 0 Å². The number of nitrogens with one attached hydrogen (secondary N) is 1. The average molecular weight is 392 g/mol. The first-order valence-corrected chi connectivity index (χ1v) is 10.8. The number of carbonyl (C=O) groups excluding carboxylic acids is 2. The fourth-order valence-corrected chi connectivity index (χ4v) is 5.64. The highest BCUT2D eigenvalue weighted by atomic mass is 32.2. The van der Waals surface area contributed by atoms with Crippen molar-refractivity contribution >= 4 is 54.0 Å². The van der Waals surface area contributed by atoms with Crippen LogP contribution in [0.4, 0.5) is 5.13 Å². The average Bonchev–Trinajstić information content (AvgIpc) is 3.17. The number of thiazole rings is 1. The van der Waals surface area contributed by atoms with Crippen LogP contribution in [0.2, 0.25) is 0 Å². The predicted octanol–water partition coefficient (Wildman–Crippen LogP) is 1.40. The third-order valence-corrected chi connectivity index (χ3v) is 7.09. The summed E-state index contributed by atoms with van der Waals surface area (Å²) in [5, 5.41) is 8.53. The molecule has 0 spiro atoms. The molecule has 4 rings (SSSR count). The summed E-state index contributed by atoms with van der Waals surface area (Å²) in [5.74, 6) is -0.717. The van der Waals surface area contributed by atoms with Crippen molar-refractivity contribution in [2.24, 2.45) is 5.10 Å². The van der Waals surface area contributed by atoms with Gasteiger partial charge in [-0.15, -0.1) is 0 Å². The van der Waals surface area contributed by atoms with E-state index < -0.39 is 21.8 Å². The molecule has 26 heavy (non-hydrogen) atoms. The molecule has 1 fully saturated rings. The maximum Gasteiger partial charge on any atom is 0.273 e. The Labute approximate surface area is 153 Å². The monoisotopic (exact) mass is 392 g/mol. The molecule has 2 amide bonds.